The molecular formula is C21H22N4O2S. The highest BCUT2D eigenvalue weighted by molar-refractivity contribution is 7.99. The van der Waals surface area contributed by atoms with E-state index in [0.29, 0.717) is 23.3 Å². The molecule has 0 aliphatic heterocycles. The van der Waals surface area contributed by atoms with Gasteiger partial charge in [0.25, 0.3) is 0 Å². The number of nitrogens with one attached hydrogen (secondary N) is 1. The van der Waals surface area contributed by atoms with Gasteiger partial charge in [0.05, 0.1) is 18.6 Å². The number of nitrogens with zero attached hydrogens (tertiary/aromatic N) is 3. The van der Waals surface area contributed by atoms with Gasteiger partial charge in [0, 0.05) is 13.0 Å². The maximum atomic E-state index is 12.3. The third-order valence-corrected chi connectivity index (χ3v) is 5.95. The SMILES string of the molecule is COc1ccccc1NC(=O)CSc1nnc(C2CC2c2ccccc2)n1C. The van der Waals surface area contributed by atoms with Gasteiger partial charge in [0.2, 0.25) is 5.91 Å². The van der Waals surface area contributed by atoms with Gasteiger partial charge in [-0.3, -0.25) is 4.79 Å². The minimum atomic E-state index is -0.104. The summed E-state index contributed by atoms with van der Waals surface area (Å²) in [5.41, 5.74) is 2.01. The number of carbonyl (C=O) groups excluding carboxylic acids is 1. The molecule has 1 fully saturated rings. The molecule has 1 saturated carbocycles. The fourth-order valence-electron chi connectivity index (χ4n) is 3.39. The zero-order chi connectivity index (χ0) is 19.5. The highest BCUT2D eigenvalue weighted by Gasteiger charge is 2.42. The number of carbonyl (C=O) groups is 1. The lowest BCUT2D eigenvalue weighted by Gasteiger charge is -2.09. The van der Waals surface area contributed by atoms with Gasteiger partial charge in [-0.1, -0.05) is 54.2 Å². The summed E-state index contributed by atoms with van der Waals surface area (Å²) in [4.78, 5) is 12.3. The number of hydrogen-bond acceptors (Lipinski definition) is 5. The Bertz CT molecular complexity index is 974. The average Bonchev–Trinajstić information content (AvgIpc) is 3.44. The standard InChI is InChI=1S/C21H22N4O2S/c1-25-20(16-12-15(16)14-8-4-3-5-9-14)23-24-21(25)28-13-19(26)22-17-10-6-7-11-18(17)27-2/h3-11,15-16H,12-13H2,1-2H3,(H,22,26). The predicted octanol–water partition coefficient (Wildman–Crippen LogP) is 3.83. The second-order valence-electron chi connectivity index (χ2n) is 6.80. The van der Waals surface area contributed by atoms with Crippen molar-refractivity contribution in [2.24, 2.45) is 7.05 Å². The molecule has 0 saturated heterocycles. The zero-order valence-corrected chi connectivity index (χ0v) is 16.6. The Morgan fingerprint density at radius 2 is 1.89 bits per heavy atom. The van der Waals surface area contributed by atoms with Crippen molar-refractivity contribution >= 4 is 23.4 Å². The first-order valence-electron chi connectivity index (χ1n) is 9.17. The third kappa shape index (κ3) is 3.89. The van der Waals surface area contributed by atoms with Gasteiger partial charge in [0.1, 0.15) is 11.6 Å². The number of methoxy groups -OCH3 is 1. The van der Waals surface area contributed by atoms with Crippen molar-refractivity contribution < 1.29 is 9.53 Å². The quantitative estimate of drug-likeness (QED) is 0.617. The van der Waals surface area contributed by atoms with Gasteiger partial charge in [-0.25, -0.2) is 0 Å². The van der Waals surface area contributed by atoms with Crippen LogP contribution >= 0.6 is 11.8 Å². The highest BCUT2D eigenvalue weighted by atomic mass is 32.2. The molecule has 3 aromatic rings. The summed E-state index contributed by atoms with van der Waals surface area (Å²) in [6.45, 7) is 0. The van der Waals surface area contributed by atoms with Crippen LogP contribution in [0.15, 0.2) is 59.8 Å². The van der Waals surface area contributed by atoms with Crippen LogP contribution in [0.2, 0.25) is 0 Å². The lowest BCUT2D eigenvalue weighted by Crippen LogP contribution is -2.15. The predicted molar refractivity (Wildman–Crippen MR) is 110 cm³/mol. The first-order valence-corrected chi connectivity index (χ1v) is 10.2. The summed E-state index contributed by atoms with van der Waals surface area (Å²) in [6, 6.07) is 17.9. The minimum Gasteiger partial charge on any atom is -0.495 e. The fourth-order valence-corrected chi connectivity index (χ4v) is 4.11. The van der Waals surface area contributed by atoms with Crippen molar-refractivity contribution in [2.75, 3.05) is 18.2 Å². The van der Waals surface area contributed by atoms with Crippen LogP contribution in [0.25, 0.3) is 0 Å². The maximum absolute atomic E-state index is 12.3. The van der Waals surface area contributed by atoms with E-state index < -0.39 is 0 Å². The van der Waals surface area contributed by atoms with E-state index in [4.69, 9.17) is 4.74 Å². The van der Waals surface area contributed by atoms with Crippen molar-refractivity contribution in [3.63, 3.8) is 0 Å². The van der Waals surface area contributed by atoms with E-state index in [1.807, 2.05) is 41.9 Å². The molecule has 1 heterocycles. The molecule has 4 rings (SSSR count). The van der Waals surface area contributed by atoms with Crippen molar-refractivity contribution in [2.45, 2.75) is 23.4 Å². The number of aromatic nitrogens is 3. The van der Waals surface area contributed by atoms with Gasteiger partial charge in [0.15, 0.2) is 5.16 Å². The molecular weight excluding hydrogens is 372 g/mol. The van der Waals surface area contributed by atoms with Crippen LogP contribution < -0.4 is 10.1 Å². The molecule has 144 valence electrons. The zero-order valence-electron chi connectivity index (χ0n) is 15.8. The van der Waals surface area contributed by atoms with Crippen LogP contribution in [0.1, 0.15) is 29.6 Å². The van der Waals surface area contributed by atoms with Crippen LogP contribution in [0.4, 0.5) is 5.69 Å². The Morgan fingerprint density at radius 3 is 2.68 bits per heavy atom. The van der Waals surface area contributed by atoms with Gasteiger partial charge in [-0.15, -0.1) is 10.2 Å². The van der Waals surface area contributed by atoms with Crippen molar-refractivity contribution in [1.29, 1.82) is 0 Å². The number of hydrogen-bond donors (Lipinski definition) is 1. The molecule has 28 heavy (non-hydrogen) atoms. The van der Waals surface area contributed by atoms with Gasteiger partial charge < -0.3 is 14.6 Å². The van der Waals surface area contributed by atoms with Crippen molar-refractivity contribution in [3.8, 4) is 5.75 Å². The van der Waals surface area contributed by atoms with E-state index in [1.54, 1.807) is 7.11 Å². The van der Waals surface area contributed by atoms with Crippen LogP contribution in [-0.2, 0) is 11.8 Å². The Morgan fingerprint density at radius 1 is 1.14 bits per heavy atom. The molecule has 2 atom stereocenters. The number of para-hydroxylation sites is 2. The molecule has 7 heteroatoms. The Labute approximate surface area is 168 Å². The van der Waals surface area contributed by atoms with Crippen LogP contribution in [0.3, 0.4) is 0 Å². The van der Waals surface area contributed by atoms with Crippen LogP contribution in [0, 0.1) is 0 Å². The molecule has 1 aliphatic carbocycles. The first kappa shape index (κ1) is 18.6. The fraction of sp³-hybridized carbons (Fsp3) is 0.286. The molecule has 0 radical (unpaired) electrons. The summed E-state index contributed by atoms with van der Waals surface area (Å²) in [7, 11) is 3.55. The molecule has 2 unspecified atom stereocenters. The normalized spacial score (nSPS) is 17.9. The third-order valence-electron chi connectivity index (χ3n) is 4.93. The second-order valence-corrected chi connectivity index (χ2v) is 7.74. The Hall–Kier alpha value is -2.80. The lowest BCUT2D eigenvalue weighted by molar-refractivity contribution is -0.113. The summed E-state index contributed by atoms with van der Waals surface area (Å²) in [5.74, 6) is 2.70. The van der Waals surface area contributed by atoms with E-state index in [0.717, 1.165) is 17.4 Å². The number of thioether (sulfide) groups is 1. The Balaban J connectivity index is 1.36. The summed E-state index contributed by atoms with van der Waals surface area (Å²) in [6.07, 6.45) is 1.09. The molecule has 6 nitrogen and oxygen atoms in total. The van der Waals surface area contributed by atoms with E-state index >= 15 is 0 Å². The second kappa shape index (κ2) is 8.06. The summed E-state index contributed by atoms with van der Waals surface area (Å²) < 4.78 is 7.27. The Kier molecular flexibility index (Phi) is 5.34. The topological polar surface area (TPSA) is 69.0 Å². The first-order chi connectivity index (χ1) is 13.7. The van der Waals surface area contributed by atoms with E-state index in [2.05, 4.69) is 39.8 Å². The highest BCUT2D eigenvalue weighted by Crippen LogP contribution is 2.54. The number of benzene rings is 2. The number of anilines is 1. The van der Waals surface area contributed by atoms with Gasteiger partial charge in [-0.2, -0.15) is 0 Å². The van der Waals surface area contributed by atoms with Crippen LogP contribution in [0.5, 0.6) is 5.75 Å². The summed E-state index contributed by atoms with van der Waals surface area (Å²) in [5, 5.41) is 12.3. The number of rotatable bonds is 7. The molecule has 1 amide bonds. The van der Waals surface area contributed by atoms with Gasteiger partial charge >= 0.3 is 0 Å². The van der Waals surface area contributed by atoms with Gasteiger partial charge in [-0.05, 0) is 30.0 Å². The van der Waals surface area contributed by atoms with E-state index in [9.17, 15) is 4.79 Å². The largest absolute Gasteiger partial charge is 0.495 e. The molecule has 0 bridgehead atoms. The minimum absolute atomic E-state index is 0.104. The number of amides is 1. The molecule has 1 N–H and O–H groups in total. The maximum Gasteiger partial charge on any atom is 0.234 e. The van der Waals surface area contributed by atoms with E-state index in [1.165, 1.54) is 17.3 Å². The number of ether oxygens (including phenoxy) is 1. The van der Waals surface area contributed by atoms with Crippen LogP contribution in [-0.4, -0.2) is 33.5 Å². The van der Waals surface area contributed by atoms with Crippen molar-refractivity contribution in [3.05, 3.63) is 66.0 Å². The lowest BCUT2D eigenvalue weighted by atomic mass is 10.1. The summed E-state index contributed by atoms with van der Waals surface area (Å²) >= 11 is 1.39. The van der Waals surface area contributed by atoms with E-state index in [-0.39, 0.29) is 11.7 Å². The molecule has 2 aromatic carbocycles. The smallest absolute Gasteiger partial charge is 0.234 e. The van der Waals surface area contributed by atoms with Crippen molar-refractivity contribution in [1.82, 2.24) is 14.8 Å². The molecule has 0 spiro atoms. The monoisotopic (exact) mass is 394 g/mol. The average molecular weight is 395 g/mol. The molecule has 1 aromatic heterocycles. The molecule has 1 aliphatic rings.